The Bertz CT molecular complexity index is 601. The second kappa shape index (κ2) is 6.75. The molecule has 0 radical (unpaired) electrons. The minimum atomic E-state index is -0.228. The Morgan fingerprint density at radius 1 is 1.20 bits per heavy atom. The van der Waals surface area contributed by atoms with Gasteiger partial charge in [-0.3, -0.25) is 0 Å². The normalized spacial score (nSPS) is 10.4. The van der Waals surface area contributed by atoms with E-state index in [-0.39, 0.29) is 5.82 Å². The molecule has 0 amide bonds. The van der Waals surface area contributed by atoms with Crippen LogP contribution in [-0.4, -0.2) is 6.61 Å². The van der Waals surface area contributed by atoms with Gasteiger partial charge in [-0.2, -0.15) is 0 Å². The molecule has 0 aliphatic rings. The third-order valence-corrected chi connectivity index (χ3v) is 3.76. The zero-order valence-corrected chi connectivity index (χ0v) is 13.1. The van der Waals surface area contributed by atoms with E-state index in [1.54, 1.807) is 6.07 Å². The van der Waals surface area contributed by atoms with Crippen LogP contribution in [0.15, 0.2) is 40.9 Å². The van der Waals surface area contributed by atoms with E-state index in [9.17, 15) is 4.39 Å². The molecule has 1 N–H and O–H groups in total. The number of aryl methyl sites for hydroxylation is 1. The van der Waals surface area contributed by atoms with Gasteiger partial charge in [0.25, 0.3) is 0 Å². The van der Waals surface area contributed by atoms with Gasteiger partial charge < -0.3 is 10.1 Å². The van der Waals surface area contributed by atoms with Crippen LogP contribution in [0, 0.1) is 12.7 Å². The van der Waals surface area contributed by atoms with Crippen LogP contribution in [0.3, 0.4) is 0 Å². The Kier molecular flexibility index (Phi) is 5.01. The molecule has 0 spiro atoms. The van der Waals surface area contributed by atoms with Gasteiger partial charge in [0.15, 0.2) is 0 Å². The molecule has 0 heterocycles. The summed E-state index contributed by atoms with van der Waals surface area (Å²) in [6.45, 7) is 5.20. The maximum Gasteiger partial charge on any atom is 0.123 e. The standard InChI is InChI=1S/C16H17BrFNO/c1-3-20-14-5-7-16(11(2)8-14)19-10-12-9-13(18)4-6-15(12)17/h4-9,19H,3,10H2,1-2H3. The summed E-state index contributed by atoms with van der Waals surface area (Å²) < 4.78 is 19.6. The number of benzene rings is 2. The predicted molar refractivity (Wildman–Crippen MR) is 83.8 cm³/mol. The lowest BCUT2D eigenvalue weighted by Crippen LogP contribution is -2.02. The molecular weight excluding hydrogens is 321 g/mol. The van der Waals surface area contributed by atoms with E-state index in [0.717, 1.165) is 27.0 Å². The van der Waals surface area contributed by atoms with Crippen LogP contribution in [-0.2, 0) is 6.54 Å². The van der Waals surface area contributed by atoms with Gasteiger partial charge in [-0.15, -0.1) is 0 Å². The second-order valence-corrected chi connectivity index (χ2v) is 5.35. The first-order valence-corrected chi connectivity index (χ1v) is 7.30. The van der Waals surface area contributed by atoms with E-state index < -0.39 is 0 Å². The van der Waals surface area contributed by atoms with Gasteiger partial charge >= 0.3 is 0 Å². The van der Waals surface area contributed by atoms with Gasteiger partial charge in [0.2, 0.25) is 0 Å². The average Bonchev–Trinajstić information content (AvgIpc) is 2.42. The van der Waals surface area contributed by atoms with E-state index in [1.165, 1.54) is 12.1 Å². The molecule has 0 saturated heterocycles. The van der Waals surface area contributed by atoms with Crippen molar-refractivity contribution in [2.45, 2.75) is 20.4 Å². The second-order valence-electron chi connectivity index (χ2n) is 4.50. The third kappa shape index (κ3) is 3.73. The van der Waals surface area contributed by atoms with Crippen LogP contribution in [0.5, 0.6) is 5.75 Å². The summed E-state index contributed by atoms with van der Waals surface area (Å²) in [5.41, 5.74) is 3.01. The Balaban J connectivity index is 2.09. The number of hydrogen-bond donors (Lipinski definition) is 1. The molecule has 0 saturated carbocycles. The number of halogens is 2. The fourth-order valence-electron chi connectivity index (χ4n) is 1.96. The highest BCUT2D eigenvalue weighted by atomic mass is 79.9. The maximum atomic E-state index is 13.2. The lowest BCUT2D eigenvalue weighted by Gasteiger charge is -2.12. The highest BCUT2D eigenvalue weighted by molar-refractivity contribution is 9.10. The predicted octanol–water partition coefficient (Wildman–Crippen LogP) is 4.91. The van der Waals surface area contributed by atoms with Crippen molar-refractivity contribution in [3.8, 4) is 5.75 Å². The molecular formula is C16H17BrFNO. The molecule has 2 aromatic carbocycles. The quantitative estimate of drug-likeness (QED) is 0.837. The van der Waals surface area contributed by atoms with Gasteiger partial charge in [-0.05, 0) is 61.4 Å². The smallest absolute Gasteiger partial charge is 0.123 e. The van der Waals surface area contributed by atoms with Crippen molar-refractivity contribution < 1.29 is 9.13 Å². The molecule has 0 aromatic heterocycles. The molecule has 0 aliphatic carbocycles. The van der Waals surface area contributed by atoms with Crippen LogP contribution in [0.1, 0.15) is 18.1 Å². The summed E-state index contributed by atoms with van der Waals surface area (Å²) in [7, 11) is 0. The molecule has 0 aliphatic heterocycles. The summed E-state index contributed by atoms with van der Waals surface area (Å²) in [5.74, 6) is 0.635. The first-order chi connectivity index (χ1) is 9.60. The summed E-state index contributed by atoms with van der Waals surface area (Å²) in [6, 6.07) is 10.6. The van der Waals surface area contributed by atoms with E-state index in [0.29, 0.717) is 13.2 Å². The summed E-state index contributed by atoms with van der Waals surface area (Å²) in [4.78, 5) is 0. The van der Waals surface area contributed by atoms with Crippen LogP contribution >= 0.6 is 15.9 Å². The van der Waals surface area contributed by atoms with E-state index in [1.807, 2.05) is 32.0 Å². The van der Waals surface area contributed by atoms with Crippen molar-refractivity contribution in [1.29, 1.82) is 0 Å². The Labute approximate surface area is 127 Å². The van der Waals surface area contributed by atoms with Crippen LogP contribution < -0.4 is 10.1 Å². The molecule has 20 heavy (non-hydrogen) atoms. The Morgan fingerprint density at radius 3 is 2.70 bits per heavy atom. The first-order valence-electron chi connectivity index (χ1n) is 6.51. The molecule has 106 valence electrons. The van der Waals surface area contributed by atoms with Crippen molar-refractivity contribution in [2.24, 2.45) is 0 Å². The molecule has 2 aromatic rings. The summed E-state index contributed by atoms with van der Waals surface area (Å²) >= 11 is 3.43. The first kappa shape index (κ1) is 14.9. The lowest BCUT2D eigenvalue weighted by molar-refractivity contribution is 0.340. The van der Waals surface area contributed by atoms with Gasteiger partial charge in [0.1, 0.15) is 11.6 Å². The highest BCUT2D eigenvalue weighted by Crippen LogP contribution is 2.24. The minimum Gasteiger partial charge on any atom is -0.494 e. The largest absolute Gasteiger partial charge is 0.494 e. The molecule has 0 atom stereocenters. The fourth-order valence-corrected chi connectivity index (χ4v) is 2.35. The third-order valence-electron chi connectivity index (χ3n) is 2.99. The summed E-state index contributed by atoms with van der Waals surface area (Å²) in [5, 5.41) is 3.31. The molecule has 0 fully saturated rings. The van der Waals surface area contributed by atoms with E-state index in [2.05, 4.69) is 21.2 Å². The van der Waals surface area contributed by atoms with E-state index in [4.69, 9.17) is 4.74 Å². The lowest BCUT2D eigenvalue weighted by atomic mass is 10.1. The zero-order valence-electron chi connectivity index (χ0n) is 11.5. The number of ether oxygens (including phenoxy) is 1. The average molecular weight is 338 g/mol. The number of anilines is 1. The summed E-state index contributed by atoms with van der Waals surface area (Å²) in [6.07, 6.45) is 0. The molecule has 2 rings (SSSR count). The number of rotatable bonds is 5. The van der Waals surface area contributed by atoms with Crippen molar-refractivity contribution >= 4 is 21.6 Å². The van der Waals surface area contributed by atoms with Gasteiger partial charge in [-0.1, -0.05) is 15.9 Å². The van der Waals surface area contributed by atoms with Crippen molar-refractivity contribution in [2.75, 3.05) is 11.9 Å². The monoisotopic (exact) mass is 337 g/mol. The molecule has 0 unspecified atom stereocenters. The maximum absolute atomic E-state index is 13.2. The fraction of sp³-hybridized carbons (Fsp3) is 0.250. The van der Waals surface area contributed by atoms with Crippen LogP contribution in [0.25, 0.3) is 0 Å². The molecule has 4 heteroatoms. The zero-order chi connectivity index (χ0) is 14.5. The van der Waals surface area contributed by atoms with Gasteiger partial charge in [0.05, 0.1) is 6.61 Å². The Morgan fingerprint density at radius 2 is 2.00 bits per heavy atom. The molecule has 0 bridgehead atoms. The number of hydrogen-bond acceptors (Lipinski definition) is 2. The number of nitrogens with one attached hydrogen (secondary N) is 1. The van der Waals surface area contributed by atoms with Gasteiger partial charge in [0, 0.05) is 16.7 Å². The highest BCUT2D eigenvalue weighted by Gasteiger charge is 2.04. The minimum absolute atomic E-state index is 0.228. The topological polar surface area (TPSA) is 21.3 Å². The van der Waals surface area contributed by atoms with Crippen molar-refractivity contribution in [1.82, 2.24) is 0 Å². The van der Waals surface area contributed by atoms with E-state index >= 15 is 0 Å². The SMILES string of the molecule is CCOc1ccc(NCc2cc(F)ccc2Br)c(C)c1. The van der Waals surface area contributed by atoms with Crippen molar-refractivity contribution in [3.05, 3.63) is 57.8 Å². The van der Waals surface area contributed by atoms with Gasteiger partial charge in [-0.25, -0.2) is 4.39 Å². The Hall–Kier alpha value is -1.55. The van der Waals surface area contributed by atoms with Crippen molar-refractivity contribution in [3.63, 3.8) is 0 Å². The van der Waals surface area contributed by atoms with Crippen LogP contribution in [0.4, 0.5) is 10.1 Å². The molecule has 2 nitrogen and oxygen atoms in total. The van der Waals surface area contributed by atoms with Crippen LogP contribution in [0.2, 0.25) is 0 Å².